The third kappa shape index (κ3) is 2.19. The van der Waals surface area contributed by atoms with Gasteiger partial charge in [-0.15, -0.1) is 0 Å². The number of carboxylic acids is 1. The van der Waals surface area contributed by atoms with E-state index in [1.165, 1.54) is 24.8 Å². The van der Waals surface area contributed by atoms with Gasteiger partial charge in [-0.2, -0.15) is 0 Å². The molecule has 2 unspecified atom stereocenters. The van der Waals surface area contributed by atoms with Crippen LogP contribution in [0.3, 0.4) is 0 Å². The number of pyridine rings is 1. The van der Waals surface area contributed by atoms with E-state index in [0.717, 1.165) is 19.3 Å². The van der Waals surface area contributed by atoms with E-state index >= 15 is 0 Å². The number of nitrogens with one attached hydrogen (secondary N) is 1. The van der Waals surface area contributed by atoms with Crippen molar-refractivity contribution in [1.82, 2.24) is 10.3 Å². The molecule has 2 saturated carbocycles. The number of carbonyl (C=O) groups excluding carboxylic acids is 1. The Morgan fingerprint density at radius 2 is 2.19 bits per heavy atom. The lowest BCUT2D eigenvalue weighted by atomic mass is 9.51. The third-order valence-corrected chi connectivity index (χ3v) is 4.90. The number of aromatic nitrogens is 1. The predicted octanol–water partition coefficient (Wildman–Crippen LogP) is 1.47. The standard InChI is InChI=1S/C15H18N2O4/c1-21-12-7-11(15(12)5-2-6-15)17-13(18)10-4-3-9(8-16-10)14(19)20/h3-4,8,11-12H,2,5-7H2,1H3,(H,17,18)(H,19,20). The van der Waals surface area contributed by atoms with Crippen molar-refractivity contribution in [3.63, 3.8) is 0 Å². The average Bonchev–Trinajstić information content (AvgIpc) is 2.41. The molecule has 2 atom stereocenters. The lowest BCUT2D eigenvalue weighted by molar-refractivity contribution is -0.158. The summed E-state index contributed by atoms with van der Waals surface area (Å²) in [5, 5.41) is 11.8. The Hall–Kier alpha value is -1.95. The SMILES string of the molecule is COC1CC(NC(=O)c2ccc(C(=O)O)cn2)C12CCC2. The van der Waals surface area contributed by atoms with Crippen molar-refractivity contribution < 1.29 is 19.4 Å². The Labute approximate surface area is 122 Å². The second-order valence-corrected chi connectivity index (χ2v) is 5.81. The summed E-state index contributed by atoms with van der Waals surface area (Å²) in [5.41, 5.74) is 0.422. The highest BCUT2D eigenvalue weighted by molar-refractivity contribution is 5.94. The fourth-order valence-corrected chi connectivity index (χ4v) is 3.42. The Morgan fingerprint density at radius 3 is 2.67 bits per heavy atom. The van der Waals surface area contributed by atoms with E-state index in [1.54, 1.807) is 7.11 Å². The number of rotatable bonds is 4. The molecule has 6 nitrogen and oxygen atoms in total. The summed E-state index contributed by atoms with van der Waals surface area (Å²) in [6, 6.07) is 2.96. The summed E-state index contributed by atoms with van der Waals surface area (Å²) >= 11 is 0. The topological polar surface area (TPSA) is 88.5 Å². The number of nitrogens with zero attached hydrogens (tertiary/aromatic N) is 1. The van der Waals surface area contributed by atoms with Gasteiger partial charge in [0.2, 0.25) is 0 Å². The molecule has 0 aromatic carbocycles. The third-order valence-electron chi connectivity index (χ3n) is 4.90. The Bertz CT molecular complexity index is 566. The van der Waals surface area contributed by atoms with Crippen LogP contribution in [0.2, 0.25) is 0 Å². The van der Waals surface area contributed by atoms with Crippen LogP contribution in [0.25, 0.3) is 0 Å². The number of hydrogen-bond acceptors (Lipinski definition) is 4. The largest absolute Gasteiger partial charge is 0.478 e. The molecule has 21 heavy (non-hydrogen) atoms. The van der Waals surface area contributed by atoms with Crippen LogP contribution in [-0.2, 0) is 4.74 Å². The van der Waals surface area contributed by atoms with Gasteiger partial charge in [-0.05, 0) is 31.4 Å². The zero-order valence-electron chi connectivity index (χ0n) is 11.8. The quantitative estimate of drug-likeness (QED) is 0.876. The van der Waals surface area contributed by atoms with E-state index in [1.807, 2.05) is 0 Å². The molecule has 0 bridgehead atoms. The van der Waals surface area contributed by atoms with E-state index in [4.69, 9.17) is 9.84 Å². The summed E-state index contributed by atoms with van der Waals surface area (Å²) < 4.78 is 5.47. The lowest BCUT2D eigenvalue weighted by Gasteiger charge is -2.60. The summed E-state index contributed by atoms with van der Waals surface area (Å²) in [5.74, 6) is -1.30. The van der Waals surface area contributed by atoms with Crippen molar-refractivity contribution in [2.75, 3.05) is 7.11 Å². The summed E-state index contributed by atoms with van der Waals surface area (Å²) in [6.45, 7) is 0. The molecule has 6 heteroatoms. The summed E-state index contributed by atoms with van der Waals surface area (Å²) in [4.78, 5) is 26.9. The van der Waals surface area contributed by atoms with Gasteiger partial charge in [0.1, 0.15) is 5.69 Å². The normalized spacial score (nSPS) is 25.8. The van der Waals surface area contributed by atoms with Gasteiger partial charge >= 0.3 is 5.97 Å². The molecule has 1 spiro atoms. The lowest BCUT2D eigenvalue weighted by Crippen LogP contribution is -2.67. The summed E-state index contributed by atoms with van der Waals surface area (Å²) in [6.07, 6.45) is 5.62. The van der Waals surface area contributed by atoms with E-state index in [9.17, 15) is 9.59 Å². The van der Waals surface area contributed by atoms with Gasteiger partial charge in [-0.25, -0.2) is 4.79 Å². The van der Waals surface area contributed by atoms with Gasteiger partial charge in [-0.1, -0.05) is 6.42 Å². The average molecular weight is 290 g/mol. The molecule has 2 fully saturated rings. The van der Waals surface area contributed by atoms with Crippen LogP contribution in [0.1, 0.15) is 46.5 Å². The van der Waals surface area contributed by atoms with Gasteiger partial charge < -0.3 is 15.2 Å². The number of carbonyl (C=O) groups is 2. The number of carboxylic acid groups (broad SMARTS) is 1. The van der Waals surface area contributed by atoms with E-state index in [0.29, 0.717) is 0 Å². The number of amides is 1. The van der Waals surface area contributed by atoms with Crippen molar-refractivity contribution in [3.05, 3.63) is 29.6 Å². The molecule has 2 aliphatic rings. The number of hydrogen-bond donors (Lipinski definition) is 2. The van der Waals surface area contributed by atoms with Crippen LogP contribution in [0.15, 0.2) is 18.3 Å². The minimum Gasteiger partial charge on any atom is -0.478 e. The second-order valence-electron chi connectivity index (χ2n) is 5.81. The first-order chi connectivity index (χ1) is 10.1. The maximum absolute atomic E-state index is 12.2. The molecule has 0 radical (unpaired) electrons. The highest BCUT2D eigenvalue weighted by atomic mass is 16.5. The second kappa shape index (κ2) is 5.11. The van der Waals surface area contributed by atoms with Crippen LogP contribution >= 0.6 is 0 Å². The predicted molar refractivity (Wildman–Crippen MR) is 74.1 cm³/mol. The number of ether oxygens (including phenoxy) is 1. The first-order valence-corrected chi connectivity index (χ1v) is 7.10. The first kappa shape index (κ1) is 14.0. The molecule has 2 N–H and O–H groups in total. The van der Waals surface area contributed by atoms with E-state index in [2.05, 4.69) is 10.3 Å². The smallest absolute Gasteiger partial charge is 0.337 e. The van der Waals surface area contributed by atoms with Gasteiger partial charge in [0.05, 0.1) is 11.7 Å². The highest BCUT2D eigenvalue weighted by Gasteiger charge is 2.59. The molecule has 1 heterocycles. The number of aromatic carboxylic acids is 1. The summed E-state index contributed by atoms with van der Waals surface area (Å²) in [7, 11) is 1.72. The molecular weight excluding hydrogens is 272 g/mol. The Morgan fingerprint density at radius 1 is 1.43 bits per heavy atom. The molecule has 3 rings (SSSR count). The fourth-order valence-electron chi connectivity index (χ4n) is 3.42. The van der Waals surface area contributed by atoms with Crippen molar-refractivity contribution in [2.45, 2.75) is 37.8 Å². The number of methoxy groups -OCH3 is 1. The van der Waals surface area contributed by atoms with Gasteiger partial charge in [-0.3, -0.25) is 9.78 Å². The molecule has 2 aliphatic carbocycles. The van der Waals surface area contributed by atoms with Crippen molar-refractivity contribution in [1.29, 1.82) is 0 Å². The van der Waals surface area contributed by atoms with Crippen LogP contribution in [-0.4, -0.2) is 41.2 Å². The highest BCUT2D eigenvalue weighted by Crippen LogP contribution is 2.57. The van der Waals surface area contributed by atoms with E-state index in [-0.39, 0.29) is 34.7 Å². The fraction of sp³-hybridized carbons (Fsp3) is 0.533. The van der Waals surface area contributed by atoms with Crippen molar-refractivity contribution in [3.8, 4) is 0 Å². The zero-order valence-corrected chi connectivity index (χ0v) is 11.8. The van der Waals surface area contributed by atoms with E-state index < -0.39 is 5.97 Å². The molecular formula is C15H18N2O4. The maximum atomic E-state index is 12.2. The molecule has 1 amide bonds. The van der Waals surface area contributed by atoms with Crippen molar-refractivity contribution in [2.24, 2.45) is 5.41 Å². The molecule has 1 aromatic heterocycles. The van der Waals surface area contributed by atoms with Crippen LogP contribution < -0.4 is 5.32 Å². The molecule has 112 valence electrons. The van der Waals surface area contributed by atoms with Crippen molar-refractivity contribution >= 4 is 11.9 Å². The van der Waals surface area contributed by atoms with Gasteiger partial charge in [0, 0.05) is 24.8 Å². The first-order valence-electron chi connectivity index (χ1n) is 7.10. The zero-order chi connectivity index (χ0) is 15.0. The minimum absolute atomic E-state index is 0.0742. The maximum Gasteiger partial charge on any atom is 0.337 e. The Kier molecular flexibility index (Phi) is 3.41. The molecule has 0 saturated heterocycles. The van der Waals surface area contributed by atoms with Crippen LogP contribution in [0.4, 0.5) is 0 Å². The minimum atomic E-state index is -1.05. The Balaban J connectivity index is 1.65. The van der Waals surface area contributed by atoms with Crippen LogP contribution in [0.5, 0.6) is 0 Å². The van der Waals surface area contributed by atoms with Gasteiger partial charge in [0.15, 0.2) is 0 Å². The molecule has 1 aromatic rings. The van der Waals surface area contributed by atoms with Crippen LogP contribution in [0, 0.1) is 5.41 Å². The van der Waals surface area contributed by atoms with Gasteiger partial charge in [0.25, 0.3) is 5.91 Å². The monoisotopic (exact) mass is 290 g/mol. The molecule has 0 aliphatic heterocycles.